The SMILES string of the molecule is C=CC(=O)Oc1cnc(N[C@@H]2CCN(CC(C)(C)c3ccccc3)C2)cn1. The van der Waals surface area contributed by atoms with Crippen LogP contribution in [0.25, 0.3) is 0 Å². The minimum absolute atomic E-state index is 0.104. The maximum Gasteiger partial charge on any atom is 0.336 e. The quantitative estimate of drug-likeness (QED) is 0.600. The van der Waals surface area contributed by atoms with E-state index in [4.69, 9.17) is 4.74 Å². The lowest BCUT2D eigenvalue weighted by atomic mass is 9.84. The lowest BCUT2D eigenvalue weighted by molar-refractivity contribution is -0.129. The van der Waals surface area contributed by atoms with Gasteiger partial charge >= 0.3 is 5.97 Å². The Kier molecular flexibility index (Phi) is 5.86. The van der Waals surface area contributed by atoms with Gasteiger partial charge in [-0.3, -0.25) is 0 Å². The molecule has 1 aromatic heterocycles. The molecule has 1 aliphatic heterocycles. The maximum atomic E-state index is 11.2. The normalized spacial score (nSPS) is 17.5. The zero-order chi connectivity index (χ0) is 19.3. The number of rotatable bonds is 7. The van der Waals surface area contributed by atoms with Crippen molar-refractivity contribution in [3.8, 4) is 5.88 Å². The zero-order valence-corrected chi connectivity index (χ0v) is 15.9. The number of nitrogens with zero attached hydrogens (tertiary/aromatic N) is 3. The fourth-order valence-corrected chi connectivity index (χ4v) is 3.43. The highest BCUT2D eigenvalue weighted by molar-refractivity contribution is 5.83. The minimum atomic E-state index is -0.544. The van der Waals surface area contributed by atoms with Gasteiger partial charge in [0.1, 0.15) is 5.82 Å². The first-order chi connectivity index (χ1) is 13.0. The molecule has 1 fully saturated rings. The van der Waals surface area contributed by atoms with E-state index in [-0.39, 0.29) is 11.3 Å². The number of ether oxygens (including phenoxy) is 1. The predicted molar refractivity (Wildman–Crippen MR) is 106 cm³/mol. The van der Waals surface area contributed by atoms with Crippen LogP contribution in [0.3, 0.4) is 0 Å². The third-order valence-electron chi connectivity index (χ3n) is 4.80. The molecule has 142 valence electrons. The van der Waals surface area contributed by atoms with E-state index in [0.717, 1.165) is 32.1 Å². The summed E-state index contributed by atoms with van der Waals surface area (Å²) >= 11 is 0. The third-order valence-corrected chi connectivity index (χ3v) is 4.80. The van der Waals surface area contributed by atoms with Crippen LogP contribution in [0.15, 0.2) is 55.4 Å². The monoisotopic (exact) mass is 366 g/mol. The Morgan fingerprint density at radius 2 is 2.11 bits per heavy atom. The van der Waals surface area contributed by atoms with Gasteiger partial charge in [0, 0.05) is 37.2 Å². The summed E-state index contributed by atoms with van der Waals surface area (Å²) in [5.41, 5.74) is 1.46. The van der Waals surface area contributed by atoms with Crippen LogP contribution in [0.5, 0.6) is 5.88 Å². The molecule has 1 saturated heterocycles. The summed E-state index contributed by atoms with van der Waals surface area (Å²) in [5.74, 6) is 0.308. The number of esters is 1. The van der Waals surface area contributed by atoms with Gasteiger partial charge in [0.2, 0.25) is 5.88 Å². The second-order valence-corrected chi connectivity index (χ2v) is 7.48. The lowest BCUT2D eigenvalue weighted by Gasteiger charge is -2.31. The van der Waals surface area contributed by atoms with Gasteiger partial charge in [-0.2, -0.15) is 0 Å². The smallest absolute Gasteiger partial charge is 0.336 e. The Labute approximate surface area is 160 Å². The van der Waals surface area contributed by atoms with Crippen molar-refractivity contribution in [2.45, 2.75) is 31.7 Å². The zero-order valence-electron chi connectivity index (χ0n) is 15.9. The summed E-state index contributed by atoms with van der Waals surface area (Å²) in [6.07, 6.45) is 5.18. The van der Waals surface area contributed by atoms with E-state index in [1.54, 1.807) is 6.20 Å². The molecular weight excluding hydrogens is 340 g/mol. The second kappa shape index (κ2) is 8.31. The van der Waals surface area contributed by atoms with E-state index >= 15 is 0 Å². The van der Waals surface area contributed by atoms with E-state index in [1.165, 1.54) is 11.8 Å². The highest BCUT2D eigenvalue weighted by Crippen LogP contribution is 2.26. The van der Waals surface area contributed by atoms with Gasteiger partial charge in [-0.1, -0.05) is 50.8 Å². The molecule has 6 heteroatoms. The van der Waals surface area contributed by atoms with Crippen molar-refractivity contribution in [1.29, 1.82) is 0 Å². The molecule has 0 amide bonds. The third kappa shape index (κ3) is 5.14. The van der Waals surface area contributed by atoms with Crippen molar-refractivity contribution in [1.82, 2.24) is 14.9 Å². The van der Waals surface area contributed by atoms with Crippen LogP contribution in [0.1, 0.15) is 25.8 Å². The number of aromatic nitrogens is 2. The Morgan fingerprint density at radius 1 is 1.33 bits per heavy atom. The van der Waals surface area contributed by atoms with Crippen LogP contribution < -0.4 is 10.1 Å². The molecule has 0 radical (unpaired) electrons. The van der Waals surface area contributed by atoms with E-state index in [1.807, 2.05) is 0 Å². The molecule has 0 spiro atoms. The second-order valence-electron chi connectivity index (χ2n) is 7.48. The van der Waals surface area contributed by atoms with Gasteiger partial charge in [-0.15, -0.1) is 0 Å². The molecule has 0 aliphatic carbocycles. The van der Waals surface area contributed by atoms with Crippen molar-refractivity contribution < 1.29 is 9.53 Å². The van der Waals surface area contributed by atoms with Crippen molar-refractivity contribution in [3.05, 3.63) is 60.9 Å². The summed E-state index contributed by atoms with van der Waals surface area (Å²) in [6, 6.07) is 11.0. The molecule has 1 N–H and O–H groups in total. The van der Waals surface area contributed by atoms with E-state index in [9.17, 15) is 4.79 Å². The largest absolute Gasteiger partial charge is 0.403 e. The molecule has 0 saturated carbocycles. The van der Waals surface area contributed by atoms with Crippen LogP contribution in [0.2, 0.25) is 0 Å². The molecule has 27 heavy (non-hydrogen) atoms. The molecule has 3 rings (SSSR count). The lowest BCUT2D eigenvalue weighted by Crippen LogP contribution is -2.37. The van der Waals surface area contributed by atoms with Gasteiger partial charge < -0.3 is 15.0 Å². The van der Waals surface area contributed by atoms with Crippen LogP contribution >= 0.6 is 0 Å². The van der Waals surface area contributed by atoms with E-state index in [0.29, 0.717) is 11.9 Å². The van der Waals surface area contributed by atoms with Crippen LogP contribution in [0, 0.1) is 0 Å². The number of carbonyl (C=O) groups excluding carboxylic acids is 1. The van der Waals surface area contributed by atoms with Crippen molar-refractivity contribution in [2.24, 2.45) is 0 Å². The summed E-state index contributed by atoms with van der Waals surface area (Å²) in [7, 11) is 0. The molecule has 6 nitrogen and oxygen atoms in total. The van der Waals surface area contributed by atoms with Crippen LogP contribution in [-0.2, 0) is 10.2 Å². The van der Waals surface area contributed by atoms with Crippen molar-refractivity contribution >= 4 is 11.8 Å². The Morgan fingerprint density at radius 3 is 2.78 bits per heavy atom. The first-order valence-corrected chi connectivity index (χ1v) is 9.17. The molecule has 1 aromatic carbocycles. The average molecular weight is 366 g/mol. The first-order valence-electron chi connectivity index (χ1n) is 9.17. The number of nitrogens with one attached hydrogen (secondary N) is 1. The standard InChI is InChI=1S/C21H26N4O2/c1-4-20(26)27-19-13-22-18(12-23-19)24-17-10-11-25(14-17)15-21(2,3)16-8-6-5-7-9-16/h4-9,12-13,17H,1,10-11,14-15H2,2-3H3,(H,22,24)/t17-/m1/s1. The van der Waals surface area contributed by atoms with Crippen LogP contribution in [0.4, 0.5) is 5.82 Å². The highest BCUT2D eigenvalue weighted by Gasteiger charge is 2.29. The molecule has 1 aliphatic rings. The topological polar surface area (TPSA) is 67.3 Å². The number of likely N-dealkylation sites (tertiary alicyclic amines) is 1. The highest BCUT2D eigenvalue weighted by atomic mass is 16.5. The summed E-state index contributed by atoms with van der Waals surface area (Å²) in [6.45, 7) is 11.0. The first kappa shape index (κ1) is 19.0. The van der Waals surface area contributed by atoms with E-state index in [2.05, 4.69) is 70.9 Å². The molecule has 0 bridgehead atoms. The number of anilines is 1. The Hall–Kier alpha value is -2.73. The average Bonchev–Trinajstić information content (AvgIpc) is 3.10. The fraction of sp³-hybridized carbons (Fsp3) is 0.381. The molecule has 0 unspecified atom stereocenters. The van der Waals surface area contributed by atoms with Gasteiger partial charge in [0.15, 0.2) is 0 Å². The summed E-state index contributed by atoms with van der Waals surface area (Å²) in [5, 5.41) is 3.41. The van der Waals surface area contributed by atoms with Gasteiger partial charge in [0.25, 0.3) is 0 Å². The van der Waals surface area contributed by atoms with Gasteiger partial charge in [0.05, 0.1) is 12.4 Å². The van der Waals surface area contributed by atoms with E-state index < -0.39 is 5.97 Å². The number of benzene rings is 1. The van der Waals surface area contributed by atoms with Gasteiger partial charge in [-0.25, -0.2) is 14.8 Å². The Bertz CT molecular complexity index is 775. The van der Waals surface area contributed by atoms with Gasteiger partial charge in [-0.05, 0) is 12.0 Å². The van der Waals surface area contributed by atoms with Crippen molar-refractivity contribution in [2.75, 3.05) is 25.0 Å². The molecular formula is C21H26N4O2. The molecule has 2 heterocycles. The summed E-state index contributed by atoms with van der Waals surface area (Å²) < 4.78 is 4.94. The number of hydrogen-bond donors (Lipinski definition) is 1. The number of hydrogen-bond acceptors (Lipinski definition) is 6. The predicted octanol–water partition coefficient (Wildman–Crippen LogP) is 3.03. The van der Waals surface area contributed by atoms with Crippen LogP contribution in [-0.4, -0.2) is 46.5 Å². The maximum absolute atomic E-state index is 11.2. The Balaban J connectivity index is 1.52. The fourth-order valence-electron chi connectivity index (χ4n) is 3.43. The minimum Gasteiger partial charge on any atom is -0.403 e. The summed E-state index contributed by atoms with van der Waals surface area (Å²) in [4.78, 5) is 22.0. The molecule has 2 aromatic rings. The molecule has 1 atom stereocenters. The number of carbonyl (C=O) groups is 1. The van der Waals surface area contributed by atoms with Crippen molar-refractivity contribution in [3.63, 3.8) is 0 Å².